The minimum Gasteiger partial charge on any atom is -0.333 e. The van der Waals surface area contributed by atoms with Crippen molar-refractivity contribution in [1.82, 2.24) is 4.90 Å². The highest BCUT2D eigenvalue weighted by atomic mass is 16.1. The summed E-state index contributed by atoms with van der Waals surface area (Å²) in [6, 6.07) is 17.4. The summed E-state index contributed by atoms with van der Waals surface area (Å²) >= 11 is 0. The lowest BCUT2D eigenvalue weighted by Crippen LogP contribution is -2.30. The Morgan fingerprint density at radius 1 is 0.964 bits per heavy atom. The molecule has 0 saturated heterocycles. The van der Waals surface area contributed by atoms with Gasteiger partial charge in [0.2, 0.25) is 0 Å². The second kappa shape index (κ2) is 16.0. The Labute approximate surface area is 173 Å². The van der Waals surface area contributed by atoms with Crippen LogP contribution >= 0.6 is 0 Å². The summed E-state index contributed by atoms with van der Waals surface area (Å²) in [5.41, 5.74) is 10.3. The van der Waals surface area contributed by atoms with Crippen molar-refractivity contribution in [2.75, 3.05) is 20.6 Å². The van der Waals surface area contributed by atoms with E-state index in [0.717, 1.165) is 19.3 Å². The highest BCUT2D eigenvalue weighted by Gasteiger charge is 2.15. The van der Waals surface area contributed by atoms with Crippen LogP contribution in [-0.2, 0) is 11.2 Å². The number of nitrogens with two attached hydrogens (primary N) is 1. The van der Waals surface area contributed by atoms with Gasteiger partial charge in [0, 0.05) is 0 Å². The fourth-order valence-electron chi connectivity index (χ4n) is 2.79. The average molecular weight is 385 g/mol. The summed E-state index contributed by atoms with van der Waals surface area (Å²) in [5, 5.41) is 0. The van der Waals surface area contributed by atoms with Gasteiger partial charge in [-0.2, -0.15) is 0 Å². The van der Waals surface area contributed by atoms with E-state index in [-0.39, 0.29) is 6.04 Å². The van der Waals surface area contributed by atoms with Gasteiger partial charge in [-0.1, -0.05) is 82.1 Å². The second-order valence-electron chi connectivity index (χ2n) is 6.91. The summed E-state index contributed by atoms with van der Waals surface area (Å²) in [6.07, 6.45) is 5.70. The number of hydrogen-bond donors (Lipinski definition) is 1. The molecule has 2 N–H and O–H groups in total. The van der Waals surface area contributed by atoms with Crippen LogP contribution in [0.15, 0.2) is 48.5 Å². The van der Waals surface area contributed by atoms with Crippen molar-refractivity contribution in [3.8, 4) is 11.1 Å². The Morgan fingerprint density at radius 3 is 1.79 bits per heavy atom. The van der Waals surface area contributed by atoms with Crippen LogP contribution < -0.4 is 5.73 Å². The van der Waals surface area contributed by atoms with Crippen LogP contribution in [0.1, 0.15) is 58.1 Å². The van der Waals surface area contributed by atoms with Gasteiger partial charge in [-0.15, -0.1) is 0 Å². The van der Waals surface area contributed by atoms with Crippen LogP contribution in [0.5, 0.6) is 0 Å². The Kier molecular flexibility index (Phi) is 14.9. The number of likely N-dealkylation sites (N-methyl/N-ethyl adjacent to an activating group) is 1. The average Bonchev–Trinajstić information content (AvgIpc) is 3.12. The molecule has 3 nitrogen and oxygen atoms in total. The zero-order valence-electron chi connectivity index (χ0n) is 18.7. The fourth-order valence-corrected chi connectivity index (χ4v) is 2.79. The van der Waals surface area contributed by atoms with E-state index in [0.29, 0.717) is 0 Å². The maximum absolute atomic E-state index is 10.3. The molecule has 1 aliphatic rings. The first-order chi connectivity index (χ1) is 13.6. The van der Waals surface area contributed by atoms with Crippen LogP contribution in [0.4, 0.5) is 0 Å². The van der Waals surface area contributed by atoms with Crippen molar-refractivity contribution < 1.29 is 4.79 Å². The Balaban J connectivity index is 0.000000437. The molecule has 0 bridgehead atoms. The molecule has 1 unspecified atom stereocenters. The van der Waals surface area contributed by atoms with Crippen LogP contribution in [0.3, 0.4) is 0 Å². The molecular formula is C25H40N2O. The summed E-state index contributed by atoms with van der Waals surface area (Å²) in [6.45, 7) is 9.35. The van der Waals surface area contributed by atoms with Gasteiger partial charge in [0.15, 0.2) is 0 Å². The van der Waals surface area contributed by atoms with E-state index < -0.39 is 0 Å². The Hall–Kier alpha value is -1.97. The first-order valence-electron chi connectivity index (χ1n) is 10.5. The molecule has 0 radical (unpaired) electrons. The lowest BCUT2D eigenvalue weighted by atomic mass is 10.1. The molecule has 0 aliphatic heterocycles. The molecule has 28 heavy (non-hydrogen) atoms. The molecule has 1 atom stereocenters. The Morgan fingerprint density at radius 2 is 1.39 bits per heavy atom. The molecule has 0 heterocycles. The molecule has 0 spiro atoms. The van der Waals surface area contributed by atoms with E-state index in [1.165, 1.54) is 48.6 Å². The maximum Gasteiger partial charge on any atom is 0.136 e. The molecule has 0 saturated carbocycles. The number of benzene rings is 2. The zero-order valence-corrected chi connectivity index (χ0v) is 18.7. The first-order valence-corrected chi connectivity index (χ1v) is 10.5. The topological polar surface area (TPSA) is 46.3 Å². The Bertz CT molecular complexity index is 611. The van der Waals surface area contributed by atoms with Gasteiger partial charge in [-0.3, -0.25) is 4.90 Å². The molecule has 0 amide bonds. The summed E-state index contributed by atoms with van der Waals surface area (Å²) < 4.78 is 0. The summed E-state index contributed by atoms with van der Waals surface area (Å²) in [7, 11) is 3.48. The third kappa shape index (κ3) is 8.81. The number of rotatable bonds is 5. The van der Waals surface area contributed by atoms with Crippen molar-refractivity contribution in [1.29, 1.82) is 0 Å². The van der Waals surface area contributed by atoms with Gasteiger partial charge in [-0.25, -0.2) is 0 Å². The number of unbranched alkanes of at least 4 members (excludes halogenated alkanes) is 1. The van der Waals surface area contributed by atoms with Crippen molar-refractivity contribution in [3.63, 3.8) is 0 Å². The lowest BCUT2D eigenvalue weighted by Gasteiger charge is -2.18. The minimum absolute atomic E-state index is 0.0755. The van der Waals surface area contributed by atoms with E-state index in [9.17, 15) is 4.79 Å². The minimum atomic E-state index is 0.0755. The SMILES string of the molecule is CCC.CCCCN(C)C(C)C=O.CN.c1ccc2c(c1)Cc1ccccc1-2. The third-order valence-corrected chi connectivity index (χ3v) is 4.46. The van der Waals surface area contributed by atoms with Crippen molar-refractivity contribution in [3.05, 3.63) is 59.7 Å². The molecule has 0 aromatic heterocycles. The molecule has 2 aromatic carbocycles. The van der Waals surface area contributed by atoms with Crippen molar-refractivity contribution >= 4 is 6.29 Å². The van der Waals surface area contributed by atoms with Gasteiger partial charge in [-0.05, 0) is 62.7 Å². The van der Waals surface area contributed by atoms with Crippen LogP contribution in [0.2, 0.25) is 0 Å². The highest BCUT2D eigenvalue weighted by Crippen LogP contribution is 2.35. The molecule has 156 valence electrons. The summed E-state index contributed by atoms with van der Waals surface area (Å²) in [4.78, 5) is 12.3. The predicted octanol–water partition coefficient (Wildman–Crippen LogP) is 5.55. The van der Waals surface area contributed by atoms with Gasteiger partial charge in [0.05, 0.1) is 6.04 Å². The molecule has 3 rings (SSSR count). The standard InChI is InChI=1S/C13H10.C8H17NO.C3H8.CH5N/c1-3-7-12-10(5-1)9-11-6-2-4-8-13(11)12;1-4-5-6-9(3)8(2)7-10;1-3-2;1-2/h1-8H,9H2;7-8H,4-6H2,1-3H3;3H2,1-2H3;2H2,1H3. The largest absolute Gasteiger partial charge is 0.333 e. The number of nitrogens with zero attached hydrogens (tertiary/aromatic N) is 1. The first kappa shape index (κ1) is 26.0. The van der Waals surface area contributed by atoms with Gasteiger partial charge in [0.1, 0.15) is 6.29 Å². The van der Waals surface area contributed by atoms with Crippen LogP contribution in [-0.4, -0.2) is 37.9 Å². The number of aldehydes is 1. The van der Waals surface area contributed by atoms with E-state index in [1.54, 1.807) is 0 Å². The van der Waals surface area contributed by atoms with E-state index in [4.69, 9.17) is 0 Å². The van der Waals surface area contributed by atoms with Crippen LogP contribution in [0.25, 0.3) is 11.1 Å². The zero-order chi connectivity index (χ0) is 21.4. The molecular weight excluding hydrogens is 344 g/mol. The fraction of sp³-hybridized carbons (Fsp3) is 0.480. The monoisotopic (exact) mass is 384 g/mol. The predicted molar refractivity (Wildman–Crippen MR) is 124 cm³/mol. The van der Waals surface area contributed by atoms with E-state index in [1.807, 2.05) is 14.0 Å². The summed E-state index contributed by atoms with van der Waals surface area (Å²) in [5.74, 6) is 0. The normalized spacial score (nSPS) is 11.4. The molecule has 3 heteroatoms. The second-order valence-corrected chi connectivity index (χ2v) is 6.91. The van der Waals surface area contributed by atoms with E-state index in [2.05, 4.69) is 79.9 Å². The molecule has 1 aliphatic carbocycles. The number of fused-ring (bicyclic) bond motifs is 3. The van der Waals surface area contributed by atoms with Crippen molar-refractivity contribution in [2.24, 2.45) is 5.73 Å². The maximum atomic E-state index is 10.3. The third-order valence-electron chi connectivity index (χ3n) is 4.46. The number of hydrogen-bond acceptors (Lipinski definition) is 3. The van der Waals surface area contributed by atoms with E-state index >= 15 is 0 Å². The number of carbonyl (C=O) groups excluding carboxylic acids is 1. The quantitative estimate of drug-likeness (QED) is 0.586. The smallest absolute Gasteiger partial charge is 0.136 e. The number of carbonyl (C=O) groups is 1. The molecule has 2 aromatic rings. The van der Waals surface area contributed by atoms with Gasteiger partial charge < -0.3 is 10.5 Å². The lowest BCUT2D eigenvalue weighted by molar-refractivity contribution is -0.111. The highest BCUT2D eigenvalue weighted by molar-refractivity contribution is 5.76. The van der Waals surface area contributed by atoms with Crippen molar-refractivity contribution in [2.45, 2.75) is 59.4 Å². The van der Waals surface area contributed by atoms with Gasteiger partial charge >= 0.3 is 0 Å². The van der Waals surface area contributed by atoms with Gasteiger partial charge in [0.25, 0.3) is 0 Å². The van der Waals surface area contributed by atoms with Crippen LogP contribution in [0, 0.1) is 0 Å². The molecule has 0 fully saturated rings.